The molecule has 0 spiro atoms. The van der Waals surface area contributed by atoms with Crippen molar-refractivity contribution in [1.29, 1.82) is 0 Å². The first-order valence-corrected chi connectivity index (χ1v) is 10.0. The summed E-state index contributed by atoms with van der Waals surface area (Å²) in [5.41, 5.74) is 2.56. The maximum absolute atomic E-state index is 12.5. The quantitative estimate of drug-likeness (QED) is 0.644. The second-order valence-electron chi connectivity index (χ2n) is 7.31. The number of carbonyl (C=O) groups excluding carboxylic acids is 2. The van der Waals surface area contributed by atoms with E-state index in [2.05, 4.69) is 10.3 Å². The molecule has 2 heterocycles. The number of pyridine rings is 1. The molecule has 2 amide bonds. The molecule has 0 bridgehead atoms. The highest BCUT2D eigenvalue weighted by atomic mass is 16.5. The van der Waals surface area contributed by atoms with E-state index in [1.807, 2.05) is 24.3 Å². The van der Waals surface area contributed by atoms with Crippen LogP contribution in [0.2, 0.25) is 0 Å². The SMILES string of the molecule is O=C(Nc1ccc(C(O)C2COCC(=O)N2Cc2ccccn2)cc1)c1ccccc1. The largest absolute Gasteiger partial charge is 0.386 e. The molecule has 3 aromatic rings. The predicted molar refractivity (Wildman–Crippen MR) is 115 cm³/mol. The van der Waals surface area contributed by atoms with E-state index in [4.69, 9.17) is 4.74 Å². The first kappa shape index (κ1) is 20.7. The Morgan fingerprint density at radius 1 is 1.10 bits per heavy atom. The van der Waals surface area contributed by atoms with Crippen LogP contribution < -0.4 is 5.32 Å². The van der Waals surface area contributed by atoms with Gasteiger partial charge in [0.05, 0.1) is 24.9 Å². The minimum Gasteiger partial charge on any atom is -0.386 e. The first-order valence-electron chi connectivity index (χ1n) is 10.0. The Hall–Kier alpha value is -3.55. The zero-order chi connectivity index (χ0) is 21.6. The van der Waals surface area contributed by atoms with Crippen molar-refractivity contribution in [1.82, 2.24) is 9.88 Å². The van der Waals surface area contributed by atoms with E-state index in [0.717, 1.165) is 5.69 Å². The van der Waals surface area contributed by atoms with E-state index in [-0.39, 0.29) is 25.0 Å². The molecule has 1 saturated heterocycles. The van der Waals surface area contributed by atoms with E-state index < -0.39 is 12.1 Å². The van der Waals surface area contributed by atoms with Gasteiger partial charge in [0.25, 0.3) is 5.91 Å². The lowest BCUT2D eigenvalue weighted by molar-refractivity contribution is -0.155. The average molecular weight is 417 g/mol. The highest BCUT2D eigenvalue weighted by Crippen LogP contribution is 2.26. The highest BCUT2D eigenvalue weighted by molar-refractivity contribution is 6.04. The van der Waals surface area contributed by atoms with Crippen LogP contribution in [-0.2, 0) is 16.1 Å². The number of hydrogen-bond acceptors (Lipinski definition) is 5. The van der Waals surface area contributed by atoms with Crippen LogP contribution in [0.1, 0.15) is 27.7 Å². The topological polar surface area (TPSA) is 91.8 Å². The van der Waals surface area contributed by atoms with Crippen LogP contribution in [0.3, 0.4) is 0 Å². The minimum absolute atomic E-state index is 0.0134. The molecule has 2 aromatic carbocycles. The number of benzene rings is 2. The summed E-state index contributed by atoms with van der Waals surface area (Å²) in [5, 5.41) is 13.8. The van der Waals surface area contributed by atoms with Crippen molar-refractivity contribution < 1.29 is 19.4 Å². The van der Waals surface area contributed by atoms with E-state index in [1.165, 1.54) is 0 Å². The number of carbonyl (C=O) groups is 2. The van der Waals surface area contributed by atoms with Gasteiger partial charge in [0, 0.05) is 17.4 Å². The minimum atomic E-state index is -0.938. The number of aliphatic hydroxyl groups is 1. The Morgan fingerprint density at radius 2 is 1.84 bits per heavy atom. The van der Waals surface area contributed by atoms with Crippen molar-refractivity contribution in [2.75, 3.05) is 18.5 Å². The number of hydrogen-bond donors (Lipinski definition) is 2. The maximum atomic E-state index is 12.5. The molecule has 0 saturated carbocycles. The van der Waals surface area contributed by atoms with Crippen LogP contribution in [0.4, 0.5) is 5.69 Å². The first-order chi connectivity index (χ1) is 15.1. The van der Waals surface area contributed by atoms with Gasteiger partial charge >= 0.3 is 0 Å². The molecule has 158 valence electrons. The summed E-state index contributed by atoms with van der Waals surface area (Å²) in [6.45, 7) is 0.517. The molecule has 31 heavy (non-hydrogen) atoms. The molecule has 0 aliphatic carbocycles. The van der Waals surface area contributed by atoms with Crippen molar-refractivity contribution in [3.63, 3.8) is 0 Å². The van der Waals surface area contributed by atoms with Crippen molar-refractivity contribution in [2.24, 2.45) is 0 Å². The summed E-state index contributed by atoms with van der Waals surface area (Å²) >= 11 is 0. The molecule has 1 aromatic heterocycles. The second-order valence-corrected chi connectivity index (χ2v) is 7.31. The molecule has 1 aliphatic rings. The molecule has 4 rings (SSSR count). The Morgan fingerprint density at radius 3 is 2.55 bits per heavy atom. The molecular formula is C24H23N3O4. The normalized spacial score (nSPS) is 17.3. The van der Waals surface area contributed by atoms with Gasteiger partial charge in [-0.05, 0) is 42.0 Å². The highest BCUT2D eigenvalue weighted by Gasteiger charge is 2.34. The standard InChI is InChI=1S/C24H23N3O4/c28-22-16-31-15-21(27(22)14-20-8-4-5-13-25-20)23(29)17-9-11-19(12-10-17)26-24(30)18-6-2-1-3-7-18/h1-13,21,23,29H,14-16H2,(H,26,30). The predicted octanol–water partition coefficient (Wildman–Crippen LogP) is 2.79. The fourth-order valence-electron chi connectivity index (χ4n) is 3.54. The monoisotopic (exact) mass is 417 g/mol. The number of nitrogens with one attached hydrogen (secondary N) is 1. The average Bonchev–Trinajstić information content (AvgIpc) is 2.82. The van der Waals surface area contributed by atoms with E-state index in [0.29, 0.717) is 23.4 Å². The van der Waals surface area contributed by atoms with Gasteiger partial charge in [-0.15, -0.1) is 0 Å². The summed E-state index contributed by atoms with van der Waals surface area (Å²) < 4.78 is 5.40. The lowest BCUT2D eigenvalue weighted by atomic mass is 9.99. The summed E-state index contributed by atoms with van der Waals surface area (Å²) in [6.07, 6.45) is 0.737. The van der Waals surface area contributed by atoms with Crippen LogP contribution in [0.15, 0.2) is 79.0 Å². The van der Waals surface area contributed by atoms with Crippen LogP contribution in [0, 0.1) is 0 Å². The Labute approximate surface area is 180 Å². The van der Waals surface area contributed by atoms with Crippen molar-refractivity contribution in [2.45, 2.75) is 18.7 Å². The Balaban J connectivity index is 1.46. The van der Waals surface area contributed by atoms with Crippen molar-refractivity contribution in [3.8, 4) is 0 Å². The third-order valence-corrected chi connectivity index (χ3v) is 5.20. The zero-order valence-corrected chi connectivity index (χ0v) is 16.8. The van der Waals surface area contributed by atoms with E-state index in [9.17, 15) is 14.7 Å². The van der Waals surface area contributed by atoms with Gasteiger partial charge in [0.15, 0.2) is 0 Å². The number of aromatic nitrogens is 1. The third-order valence-electron chi connectivity index (χ3n) is 5.20. The van der Waals surface area contributed by atoms with Gasteiger partial charge in [-0.1, -0.05) is 36.4 Å². The molecular weight excluding hydrogens is 394 g/mol. The summed E-state index contributed by atoms with van der Waals surface area (Å²) in [4.78, 5) is 30.7. The fourth-order valence-corrected chi connectivity index (χ4v) is 3.54. The van der Waals surface area contributed by atoms with Gasteiger partial charge in [-0.2, -0.15) is 0 Å². The van der Waals surface area contributed by atoms with Crippen molar-refractivity contribution in [3.05, 3.63) is 95.8 Å². The number of aliphatic hydroxyl groups excluding tert-OH is 1. The lowest BCUT2D eigenvalue weighted by Gasteiger charge is -2.38. The molecule has 0 radical (unpaired) electrons. The summed E-state index contributed by atoms with van der Waals surface area (Å²) in [5.74, 6) is -0.394. The maximum Gasteiger partial charge on any atom is 0.255 e. The van der Waals surface area contributed by atoms with Crippen LogP contribution in [0.25, 0.3) is 0 Å². The molecule has 7 nitrogen and oxygen atoms in total. The summed E-state index contributed by atoms with van der Waals surface area (Å²) in [7, 11) is 0. The molecule has 1 fully saturated rings. The number of amides is 2. The molecule has 1 aliphatic heterocycles. The van der Waals surface area contributed by atoms with Gasteiger partial charge < -0.3 is 20.1 Å². The van der Waals surface area contributed by atoms with E-state index in [1.54, 1.807) is 59.6 Å². The zero-order valence-electron chi connectivity index (χ0n) is 16.8. The second kappa shape index (κ2) is 9.51. The Kier molecular flexibility index (Phi) is 6.35. The van der Waals surface area contributed by atoms with Crippen molar-refractivity contribution >= 4 is 17.5 Å². The molecule has 2 atom stereocenters. The molecule has 2 N–H and O–H groups in total. The fraction of sp³-hybridized carbons (Fsp3) is 0.208. The smallest absolute Gasteiger partial charge is 0.255 e. The third kappa shape index (κ3) is 4.96. The molecule has 7 heteroatoms. The van der Waals surface area contributed by atoms with Gasteiger partial charge in [0.2, 0.25) is 5.91 Å². The number of nitrogens with zero attached hydrogens (tertiary/aromatic N) is 2. The lowest BCUT2D eigenvalue weighted by Crippen LogP contribution is -2.51. The van der Waals surface area contributed by atoms with Crippen LogP contribution in [-0.4, -0.2) is 46.1 Å². The number of anilines is 1. The van der Waals surface area contributed by atoms with Gasteiger partial charge in [-0.3, -0.25) is 14.6 Å². The van der Waals surface area contributed by atoms with E-state index >= 15 is 0 Å². The Bertz CT molecular complexity index is 1030. The summed E-state index contributed by atoms with van der Waals surface area (Å²) in [6, 6.07) is 20.9. The van der Waals surface area contributed by atoms with Crippen LogP contribution >= 0.6 is 0 Å². The number of ether oxygens (including phenoxy) is 1. The van der Waals surface area contributed by atoms with Gasteiger partial charge in [0.1, 0.15) is 12.7 Å². The van der Waals surface area contributed by atoms with Gasteiger partial charge in [-0.25, -0.2) is 0 Å². The van der Waals surface area contributed by atoms with Crippen LogP contribution in [0.5, 0.6) is 0 Å². The number of rotatable bonds is 6. The number of morpholine rings is 1. The molecule has 2 unspecified atom stereocenters.